The fourth-order valence-electron chi connectivity index (χ4n) is 2.74. The Balaban J connectivity index is 2.14. The van der Waals surface area contributed by atoms with Crippen LogP contribution in [0.4, 0.5) is 5.82 Å². The summed E-state index contributed by atoms with van der Waals surface area (Å²) in [4.78, 5) is 22.6. The van der Waals surface area contributed by atoms with E-state index in [1.165, 1.54) is 23.7 Å². The van der Waals surface area contributed by atoms with Gasteiger partial charge in [0.2, 0.25) is 0 Å². The van der Waals surface area contributed by atoms with Crippen LogP contribution in [0.1, 0.15) is 30.8 Å². The van der Waals surface area contributed by atoms with Gasteiger partial charge in [-0.15, -0.1) is 0 Å². The van der Waals surface area contributed by atoms with Crippen LogP contribution in [0, 0.1) is 16.0 Å². The molecule has 1 aliphatic rings. The van der Waals surface area contributed by atoms with Crippen LogP contribution >= 0.6 is 0 Å². The molecule has 3 unspecified atom stereocenters. The smallest absolute Gasteiger partial charge is 0.323 e. The summed E-state index contributed by atoms with van der Waals surface area (Å²) in [5, 5.41) is 17.1. The molecular weight excluding hydrogens is 260 g/mol. The summed E-state index contributed by atoms with van der Waals surface area (Å²) in [5.41, 5.74) is 0.307. The third-order valence-electron chi connectivity index (χ3n) is 4.03. The van der Waals surface area contributed by atoms with Crippen LogP contribution in [0.25, 0.3) is 0 Å². The lowest BCUT2D eigenvalue weighted by Crippen LogP contribution is -2.56. The van der Waals surface area contributed by atoms with Gasteiger partial charge in [-0.1, -0.05) is 6.92 Å². The number of hydrogen-bond donors (Lipinski definition) is 2. The van der Waals surface area contributed by atoms with Crippen LogP contribution < -0.4 is 10.6 Å². The third-order valence-corrected chi connectivity index (χ3v) is 4.03. The Bertz CT molecular complexity index is 516. The number of piperidine rings is 1. The van der Waals surface area contributed by atoms with E-state index in [0.29, 0.717) is 11.6 Å². The predicted octanol–water partition coefficient (Wildman–Crippen LogP) is 1.05. The zero-order valence-corrected chi connectivity index (χ0v) is 11.9. The van der Waals surface area contributed by atoms with E-state index >= 15 is 0 Å². The Morgan fingerprint density at radius 1 is 1.50 bits per heavy atom. The van der Waals surface area contributed by atoms with Crippen LogP contribution in [-0.4, -0.2) is 34.0 Å². The van der Waals surface area contributed by atoms with Crippen molar-refractivity contribution in [3.8, 4) is 0 Å². The van der Waals surface area contributed by atoms with Gasteiger partial charge in [0.15, 0.2) is 5.69 Å². The number of aromatic nitrogens is 1. The number of carbonyl (C=O) groups is 1. The maximum Gasteiger partial charge on any atom is 0.323 e. The Labute approximate surface area is 117 Å². The van der Waals surface area contributed by atoms with Gasteiger partial charge in [0.25, 0.3) is 5.91 Å². The van der Waals surface area contributed by atoms with Crippen LogP contribution in [0.2, 0.25) is 0 Å². The van der Waals surface area contributed by atoms with Crippen LogP contribution in [0.3, 0.4) is 0 Å². The summed E-state index contributed by atoms with van der Waals surface area (Å²) in [6, 6.07) is 3.06. The molecule has 0 aromatic carbocycles. The van der Waals surface area contributed by atoms with Crippen LogP contribution in [0.5, 0.6) is 0 Å². The largest absolute Gasteiger partial charge is 0.358 e. The van der Waals surface area contributed by atoms with Crippen molar-refractivity contribution in [3.63, 3.8) is 0 Å². The van der Waals surface area contributed by atoms with Gasteiger partial charge in [-0.05, 0) is 36.8 Å². The summed E-state index contributed by atoms with van der Waals surface area (Å²) < 4.78 is 1.31. The molecule has 1 fully saturated rings. The van der Waals surface area contributed by atoms with E-state index in [1.54, 1.807) is 0 Å². The maximum absolute atomic E-state index is 12.3. The van der Waals surface area contributed by atoms with Crippen molar-refractivity contribution < 1.29 is 9.72 Å². The molecule has 0 aliphatic carbocycles. The first-order valence-electron chi connectivity index (χ1n) is 6.76. The summed E-state index contributed by atoms with van der Waals surface area (Å²) >= 11 is 0. The first-order chi connectivity index (χ1) is 9.41. The van der Waals surface area contributed by atoms with E-state index in [2.05, 4.69) is 17.6 Å². The van der Waals surface area contributed by atoms with Gasteiger partial charge in [-0.25, -0.2) is 4.57 Å². The lowest BCUT2D eigenvalue weighted by molar-refractivity contribution is -0.391. The standard InChI is InChI=1S/C13H20N4O3/c1-8-6-7-14-9(2)12(8)15-13(18)10-4-5-11(16(10)3)17(19)20/h4-5,8-9,12,14H,6-7H2,1-3H3,(H,15,18). The Morgan fingerprint density at radius 2 is 2.20 bits per heavy atom. The van der Waals surface area contributed by atoms with Crippen molar-refractivity contribution >= 4 is 11.7 Å². The summed E-state index contributed by atoms with van der Waals surface area (Å²) in [5.74, 6) is 0.0245. The van der Waals surface area contributed by atoms with Gasteiger partial charge in [0.1, 0.15) is 0 Å². The Morgan fingerprint density at radius 3 is 2.75 bits per heavy atom. The zero-order chi connectivity index (χ0) is 14.9. The van der Waals surface area contributed by atoms with Crippen molar-refractivity contribution in [1.29, 1.82) is 0 Å². The number of nitrogens with one attached hydrogen (secondary N) is 2. The molecule has 1 amide bonds. The topological polar surface area (TPSA) is 89.2 Å². The molecule has 1 aliphatic heterocycles. The van der Waals surface area contributed by atoms with E-state index in [4.69, 9.17) is 0 Å². The highest BCUT2D eigenvalue weighted by atomic mass is 16.6. The first-order valence-corrected chi connectivity index (χ1v) is 6.76. The van der Waals surface area contributed by atoms with Crippen molar-refractivity contribution in [1.82, 2.24) is 15.2 Å². The second-order valence-electron chi connectivity index (χ2n) is 5.40. The van der Waals surface area contributed by atoms with E-state index in [-0.39, 0.29) is 23.8 Å². The third kappa shape index (κ3) is 2.67. The number of hydrogen-bond acceptors (Lipinski definition) is 4. The van der Waals surface area contributed by atoms with Crippen molar-refractivity contribution in [3.05, 3.63) is 27.9 Å². The maximum atomic E-state index is 12.3. The Hall–Kier alpha value is -1.89. The van der Waals surface area contributed by atoms with Gasteiger partial charge in [-0.2, -0.15) is 0 Å². The lowest BCUT2D eigenvalue weighted by atomic mass is 9.89. The van der Waals surface area contributed by atoms with Gasteiger partial charge in [0.05, 0.1) is 7.05 Å². The minimum Gasteiger partial charge on any atom is -0.358 e. The van der Waals surface area contributed by atoms with Crippen LogP contribution in [0.15, 0.2) is 12.1 Å². The zero-order valence-electron chi connectivity index (χ0n) is 11.9. The molecule has 7 nitrogen and oxygen atoms in total. The molecule has 2 N–H and O–H groups in total. The molecular formula is C13H20N4O3. The Kier molecular flexibility index (Phi) is 4.08. The number of nitrogens with zero attached hydrogens (tertiary/aromatic N) is 2. The number of amides is 1. The van der Waals surface area contributed by atoms with E-state index in [0.717, 1.165) is 13.0 Å². The molecule has 0 saturated carbocycles. The molecule has 0 spiro atoms. The minimum absolute atomic E-state index is 0.0326. The summed E-state index contributed by atoms with van der Waals surface area (Å²) in [6.45, 7) is 5.09. The summed E-state index contributed by atoms with van der Waals surface area (Å²) in [6.07, 6.45) is 1.00. The second-order valence-corrected chi connectivity index (χ2v) is 5.40. The predicted molar refractivity (Wildman–Crippen MR) is 74.6 cm³/mol. The highest BCUT2D eigenvalue weighted by molar-refractivity contribution is 5.93. The second kappa shape index (κ2) is 5.62. The number of carbonyl (C=O) groups excluding carboxylic acids is 1. The molecule has 2 rings (SSSR count). The molecule has 0 bridgehead atoms. The quantitative estimate of drug-likeness (QED) is 0.639. The molecule has 20 heavy (non-hydrogen) atoms. The minimum atomic E-state index is -0.496. The van der Waals surface area contributed by atoms with Gasteiger partial charge < -0.3 is 20.7 Å². The lowest BCUT2D eigenvalue weighted by Gasteiger charge is -2.35. The average molecular weight is 280 g/mol. The molecule has 0 radical (unpaired) electrons. The monoisotopic (exact) mass is 280 g/mol. The average Bonchev–Trinajstić information content (AvgIpc) is 2.76. The molecule has 110 valence electrons. The molecule has 1 saturated heterocycles. The van der Waals surface area contributed by atoms with Crippen molar-refractivity contribution in [2.24, 2.45) is 13.0 Å². The first kappa shape index (κ1) is 14.5. The van der Waals surface area contributed by atoms with Crippen molar-refractivity contribution in [2.75, 3.05) is 6.54 Å². The molecule has 7 heteroatoms. The fourth-order valence-corrected chi connectivity index (χ4v) is 2.74. The number of nitro groups is 1. The molecule has 3 atom stereocenters. The van der Waals surface area contributed by atoms with E-state index in [9.17, 15) is 14.9 Å². The normalized spacial score (nSPS) is 26.2. The molecule has 1 aromatic rings. The van der Waals surface area contributed by atoms with E-state index in [1.807, 2.05) is 6.92 Å². The van der Waals surface area contributed by atoms with Gasteiger partial charge in [-0.3, -0.25) is 4.79 Å². The van der Waals surface area contributed by atoms with Crippen LogP contribution in [-0.2, 0) is 7.05 Å². The fraction of sp³-hybridized carbons (Fsp3) is 0.615. The van der Waals surface area contributed by atoms with E-state index < -0.39 is 4.92 Å². The summed E-state index contributed by atoms with van der Waals surface area (Å²) in [7, 11) is 1.53. The van der Waals surface area contributed by atoms with Gasteiger partial charge in [0, 0.05) is 18.2 Å². The molecule has 2 heterocycles. The molecule has 1 aromatic heterocycles. The number of rotatable bonds is 3. The van der Waals surface area contributed by atoms with Gasteiger partial charge >= 0.3 is 5.82 Å². The SMILES string of the molecule is CC1CCNC(C)C1NC(=O)c1ccc([N+](=O)[O-])n1C. The highest BCUT2D eigenvalue weighted by Gasteiger charge is 2.30. The van der Waals surface area contributed by atoms with Crippen molar-refractivity contribution in [2.45, 2.75) is 32.4 Å². The highest BCUT2D eigenvalue weighted by Crippen LogP contribution is 2.19.